The van der Waals surface area contributed by atoms with E-state index in [4.69, 9.17) is 9.47 Å². The second-order valence-electron chi connectivity index (χ2n) is 7.41. The fourth-order valence-corrected chi connectivity index (χ4v) is 4.44. The Labute approximate surface area is 116 Å². The van der Waals surface area contributed by atoms with Crippen LogP contribution in [0.4, 0.5) is 0 Å². The number of esters is 1. The first-order valence-electron chi connectivity index (χ1n) is 7.80. The van der Waals surface area contributed by atoms with E-state index in [0.29, 0.717) is 6.10 Å². The lowest BCUT2D eigenvalue weighted by molar-refractivity contribution is -0.176. The van der Waals surface area contributed by atoms with E-state index in [0.717, 1.165) is 30.1 Å². The van der Waals surface area contributed by atoms with Gasteiger partial charge in [-0.25, -0.2) is 0 Å². The maximum atomic E-state index is 11.9. The molecule has 4 aliphatic rings. The van der Waals surface area contributed by atoms with Gasteiger partial charge < -0.3 is 9.47 Å². The predicted octanol–water partition coefficient (Wildman–Crippen LogP) is 3.37. The lowest BCUT2D eigenvalue weighted by Gasteiger charge is -2.32. The molecule has 4 fully saturated rings. The summed E-state index contributed by atoms with van der Waals surface area (Å²) in [6, 6.07) is 0. The second kappa shape index (κ2) is 4.76. The summed E-state index contributed by atoms with van der Waals surface area (Å²) in [5, 5.41) is 0. The van der Waals surface area contributed by atoms with Crippen molar-refractivity contribution in [1.29, 1.82) is 0 Å². The van der Waals surface area contributed by atoms with Crippen LogP contribution in [0.25, 0.3) is 0 Å². The van der Waals surface area contributed by atoms with Crippen LogP contribution in [0, 0.1) is 29.1 Å². The molecular formula is C16H26O3. The van der Waals surface area contributed by atoms with Crippen molar-refractivity contribution < 1.29 is 14.3 Å². The Hall–Kier alpha value is -0.570. The van der Waals surface area contributed by atoms with Gasteiger partial charge in [0.15, 0.2) is 6.79 Å². The highest BCUT2D eigenvalue weighted by atomic mass is 16.7. The fourth-order valence-electron chi connectivity index (χ4n) is 4.44. The summed E-state index contributed by atoms with van der Waals surface area (Å²) in [5.41, 5.74) is -0.392. The van der Waals surface area contributed by atoms with Crippen molar-refractivity contribution >= 4 is 5.97 Å². The Balaban J connectivity index is 1.48. The highest BCUT2D eigenvalue weighted by Crippen LogP contribution is 2.58. The first-order valence-corrected chi connectivity index (χ1v) is 7.80. The van der Waals surface area contributed by atoms with Crippen LogP contribution in [0.3, 0.4) is 0 Å². The first kappa shape index (κ1) is 13.4. The van der Waals surface area contributed by atoms with E-state index in [-0.39, 0.29) is 12.8 Å². The topological polar surface area (TPSA) is 35.5 Å². The van der Waals surface area contributed by atoms with E-state index in [1.165, 1.54) is 25.7 Å². The van der Waals surface area contributed by atoms with Crippen LogP contribution in [0.15, 0.2) is 0 Å². The molecular weight excluding hydrogens is 240 g/mol. The third-order valence-electron chi connectivity index (χ3n) is 5.86. The van der Waals surface area contributed by atoms with Crippen LogP contribution in [-0.2, 0) is 14.3 Å². The van der Waals surface area contributed by atoms with Crippen LogP contribution in [0.5, 0.6) is 0 Å². The molecule has 0 heterocycles. The Kier molecular flexibility index (Phi) is 3.36. The summed E-state index contributed by atoms with van der Waals surface area (Å²) in [4.78, 5) is 11.9. The molecule has 0 aliphatic heterocycles. The number of carbonyl (C=O) groups excluding carboxylic acids is 1. The molecule has 3 heteroatoms. The fraction of sp³-hybridized carbons (Fsp3) is 0.938. The normalized spacial score (nSPS) is 39.8. The molecule has 4 saturated carbocycles. The third kappa shape index (κ3) is 2.31. The third-order valence-corrected chi connectivity index (χ3v) is 5.86. The van der Waals surface area contributed by atoms with Crippen molar-refractivity contribution in [2.75, 3.05) is 6.79 Å². The van der Waals surface area contributed by atoms with Gasteiger partial charge in [0.2, 0.25) is 0 Å². The van der Waals surface area contributed by atoms with Gasteiger partial charge in [-0.1, -0.05) is 6.92 Å². The van der Waals surface area contributed by atoms with E-state index >= 15 is 0 Å². The molecule has 0 aromatic heterocycles. The quantitative estimate of drug-likeness (QED) is 0.565. The number of hydrogen-bond acceptors (Lipinski definition) is 3. The molecule has 0 radical (unpaired) electrons. The molecule has 0 amide bonds. The first-order chi connectivity index (χ1) is 9.01. The van der Waals surface area contributed by atoms with Crippen molar-refractivity contribution in [2.24, 2.45) is 29.1 Å². The van der Waals surface area contributed by atoms with E-state index in [2.05, 4.69) is 0 Å². The summed E-state index contributed by atoms with van der Waals surface area (Å²) in [6.07, 6.45) is 6.61. The van der Waals surface area contributed by atoms with Gasteiger partial charge in [0.25, 0.3) is 0 Å². The standard InChI is InChI=1S/C16H26O3/c1-4-16(2,3)15(17)19-9-18-14-12-6-10-5-11(8-12)13(14)7-10/h10-14H,4-9H2,1-3H3. The zero-order chi connectivity index (χ0) is 13.6. The maximum Gasteiger partial charge on any atom is 0.313 e. The number of rotatable bonds is 5. The van der Waals surface area contributed by atoms with Crippen LogP contribution in [0.2, 0.25) is 0 Å². The average Bonchev–Trinajstić information content (AvgIpc) is 2.79. The van der Waals surface area contributed by atoms with Gasteiger partial charge in [0, 0.05) is 0 Å². The van der Waals surface area contributed by atoms with Gasteiger partial charge in [-0.3, -0.25) is 4.79 Å². The lowest BCUT2D eigenvalue weighted by Crippen LogP contribution is -2.33. The zero-order valence-electron chi connectivity index (χ0n) is 12.4. The molecule has 3 nitrogen and oxygen atoms in total. The summed E-state index contributed by atoms with van der Waals surface area (Å²) in [7, 11) is 0. The maximum absolute atomic E-state index is 11.9. The summed E-state index contributed by atoms with van der Waals surface area (Å²) in [6.45, 7) is 6.01. The number of hydrogen-bond donors (Lipinski definition) is 0. The largest absolute Gasteiger partial charge is 0.438 e. The van der Waals surface area contributed by atoms with E-state index in [1.54, 1.807) is 0 Å². The Bertz CT molecular complexity index is 359. The Morgan fingerprint density at radius 2 is 1.89 bits per heavy atom. The summed E-state index contributed by atoms with van der Waals surface area (Å²) < 4.78 is 11.2. The van der Waals surface area contributed by atoms with Gasteiger partial charge >= 0.3 is 5.97 Å². The van der Waals surface area contributed by atoms with Crippen molar-refractivity contribution in [2.45, 2.75) is 59.0 Å². The van der Waals surface area contributed by atoms with Crippen LogP contribution in [0.1, 0.15) is 52.9 Å². The molecule has 5 atom stereocenters. The monoisotopic (exact) mass is 266 g/mol. The van der Waals surface area contributed by atoms with Crippen molar-refractivity contribution in [3.63, 3.8) is 0 Å². The highest BCUT2D eigenvalue weighted by Gasteiger charge is 2.54. The van der Waals surface area contributed by atoms with Gasteiger partial charge in [0.1, 0.15) is 0 Å². The molecule has 4 bridgehead atoms. The lowest BCUT2D eigenvalue weighted by atomic mass is 9.80. The van der Waals surface area contributed by atoms with Crippen LogP contribution < -0.4 is 0 Å². The van der Waals surface area contributed by atoms with Crippen LogP contribution >= 0.6 is 0 Å². The Morgan fingerprint density at radius 3 is 2.58 bits per heavy atom. The predicted molar refractivity (Wildman–Crippen MR) is 72.3 cm³/mol. The van der Waals surface area contributed by atoms with Crippen molar-refractivity contribution in [3.8, 4) is 0 Å². The molecule has 0 N–H and O–H groups in total. The van der Waals surface area contributed by atoms with Crippen molar-refractivity contribution in [1.82, 2.24) is 0 Å². The van der Waals surface area contributed by atoms with Gasteiger partial charge in [-0.05, 0) is 69.6 Å². The number of ether oxygens (including phenoxy) is 2. The smallest absolute Gasteiger partial charge is 0.313 e. The van der Waals surface area contributed by atoms with E-state index in [9.17, 15) is 4.79 Å². The summed E-state index contributed by atoms with van der Waals surface area (Å²) >= 11 is 0. The molecule has 19 heavy (non-hydrogen) atoms. The molecule has 0 aromatic carbocycles. The molecule has 0 aromatic rings. The molecule has 4 aliphatic carbocycles. The van der Waals surface area contributed by atoms with Gasteiger partial charge in [-0.2, -0.15) is 0 Å². The average molecular weight is 266 g/mol. The van der Waals surface area contributed by atoms with Crippen LogP contribution in [-0.4, -0.2) is 18.9 Å². The molecule has 0 spiro atoms. The second-order valence-corrected chi connectivity index (χ2v) is 7.41. The van der Waals surface area contributed by atoms with E-state index < -0.39 is 5.41 Å². The molecule has 4 rings (SSSR count). The minimum Gasteiger partial charge on any atom is -0.438 e. The van der Waals surface area contributed by atoms with E-state index in [1.807, 2.05) is 20.8 Å². The minimum atomic E-state index is -0.392. The molecule has 0 saturated heterocycles. The number of carbonyl (C=O) groups is 1. The minimum absolute atomic E-state index is 0.137. The Morgan fingerprint density at radius 1 is 1.16 bits per heavy atom. The van der Waals surface area contributed by atoms with Gasteiger partial charge in [-0.15, -0.1) is 0 Å². The van der Waals surface area contributed by atoms with Gasteiger partial charge in [0.05, 0.1) is 11.5 Å². The SMILES string of the molecule is CCC(C)(C)C(=O)OCOC1C2CC3CC(C2)C1C3. The van der Waals surface area contributed by atoms with Crippen molar-refractivity contribution in [3.05, 3.63) is 0 Å². The molecule has 5 unspecified atom stereocenters. The summed E-state index contributed by atoms with van der Waals surface area (Å²) in [5.74, 6) is 3.22. The zero-order valence-corrected chi connectivity index (χ0v) is 12.4. The molecule has 108 valence electrons. The highest BCUT2D eigenvalue weighted by molar-refractivity contribution is 5.75.